The Bertz CT molecular complexity index is 754. The van der Waals surface area contributed by atoms with E-state index in [4.69, 9.17) is 23.2 Å². The Kier molecular flexibility index (Phi) is 5.00. The quantitative estimate of drug-likeness (QED) is 0.726. The zero-order chi connectivity index (χ0) is 16.4. The number of anilines is 1. The summed E-state index contributed by atoms with van der Waals surface area (Å²) in [6.07, 6.45) is 0. The third-order valence-electron chi connectivity index (χ3n) is 3.62. The minimum absolute atomic E-state index is 0.0468. The molecule has 0 atom stereocenters. The predicted molar refractivity (Wildman–Crippen MR) is 99.2 cm³/mol. The van der Waals surface area contributed by atoms with Crippen LogP contribution in [0, 0.1) is 6.92 Å². The van der Waals surface area contributed by atoms with Gasteiger partial charge in [-0.3, -0.25) is 4.79 Å². The van der Waals surface area contributed by atoms with Crippen molar-refractivity contribution in [2.45, 2.75) is 12.7 Å². The zero-order valence-electron chi connectivity index (χ0n) is 12.6. The van der Waals surface area contributed by atoms with E-state index in [9.17, 15) is 4.79 Å². The molecule has 1 aliphatic heterocycles. The Morgan fingerprint density at radius 1 is 1.04 bits per heavy atom. The molecular formula is C18H15Cl2NOS. The first kappa shape index (κ1) is 16.4. The van der Waals surface area contributed by atoms with E-state index in [0.717, 1.165) is 11.4 Å². The first-order chi connectivity index (χ1) is 11.0. The van der Waals surface area contributed by atoms with Gasteiger partial charge < -0.3 is 4.90 Å². The molecule has 2 nitrogen and oxygen atoms in total. The normalized spacial score (nSPS) is 14.7. The van der Waals surface area contributed by atoms with Crippen LogP contribution in [-0.4, -0.2) is 12.5 Å². The monoisotopic (exact) mass is 363 g/mol. The number of thioether (sulfide) groups is 1. The molecule has 0 aromatic heterocycles. The molecule has 1 heterocycles. The van der Waals surface area contributed by atoms with E-state index in [-0.39, 0.29) is 5.91 Å². The van der Waals surface area contributed by atoms with E-state index in [1.165, 1.54) is 22.9 Å². The molecule has 0 fully saturated rings. The molecule has 2 aromatic carbocycles. The number of nitrogens with zero attached hydrogens (tertiary/aromatic N) is 1. The van der Waals surface area contributed by atoms with Gasteiger partial charge in [-0.1, -0.05) is 53.0 Å². The van der Waals surface area contributed by atoms with Crippen LogP contribution in [0.3, 0.4) is 0 Å². The molecule has 0 saturated carbocycles. The Labute approximate surface area is 150 Å². The maximum absolute atomic E-state index is 12.6. The summed E-state index contributed by atoms with van der Waals surface area (Å²) in [5.41, 5.74) is 3.21. The van der Waals surface area contributed by atoms with Gasteiger partial charge in [0.2, 0.25) is 0 Å². The highest BCUT2D eigenvalue weighted by atomic mass is 35.5. The van der Waals surface area contributed by atoms with Crippen LogP contribution in [0.2, 0.25) is 5.02 Å². The maximum Gasteiger partial charge on any atom is 0.266 e. The van der Waals surface area contributed by atoms with E-state index in [0.29, 0.717) is 21.5 Å². The second kappa shape index (κ2) is 7.00. The number of carbonyl (C=O) groups is 1. The second-order valence-electron chi connectivity index (χ2n) is 5.38. The average molecular weight is 364 g/mol. The van der Waals surface area contributed by atoms with Gasteiger partial charge in [-0.05, 0) is 36.8 Å². The lowest BCUT2D eigenvalue weighted by molar-refractivity contribution is -0.113. The number of halogens is 2. The Morgan fingerprint density at radius 3 is 2.35 bits per heavy atom. The first-order valence-electron chi connectivity index (χ1n) is 7.19. The van der Waals surface area contributed by atoms with Gasteiger partial charge in [-0.25, -0.2) is 0 Å². The van der Waals surface area contributed by atoms with E-state index >= 15 is 0 Å². The molecule has 0 radical (unpaired) electrons. The number of hydrogen-bond acceptors (Lipinski definition) is 2. The van der Waals surface area contributed by atoms with E-state index in [1.54, 1.807) is 17.0 Å². The molecule has 0 spiro atoms. The van der Waals surface area contributed by atoms with E-state index < -0.39 is 0 Å². The molecule has 0 bridgehead atoms. The summed E-state index contributed by atoms with van der Waals surface area (Å²) < 4.78 is 0. The molecular weight excluding hydrogens is 349 g/mol. The maximum atomic E-state index is 12.6. The topological polar surface area (TPSA) is 20.3 Å². The van der Waals surface area contributed by atoms with Crippen LogP contribution >= 0.6 is 35.0 Å². The molecule has 5 heteroatoms. The number of benzene rings is 2. The van der Waals surface area contributed by atoms with E-state index in [2.05, 4.69) is 31.2 Å². The lowest BCUT2D eigenvalue weighted by atomic mass is 10.2. The summed E-state index contributed by atoms with van der Waals surface area (Å²) in [5, 5.41) is 1.25. The first-order valence-corrected chi connectivity index (χ1v) is 8.93. The minimum atomic E-state index is -0.0468. The number of aryl methyl sites for hydroxylation is 1. The fraction of sp³-hybridized carbons (Fsp3) is 0.167. The van der Waals surface area contributed by atoms with Crippen LogP contribution in [-0.2, 0) is 10.5 Å². The second-order valence-corrected chi connectivity index (χ2v) is 7.25. The summed E-state index contributed by atoms with van der Waals surface area (Å²) in [6, 6.07) is 15.5. The highest BCUT2D eigenvalue weighted by molar-refractivity contribution is 8.03. The third-order valence-corrected chi connectivity index (χ3v) is 5.48. The van der Waals surface area contributed by atoms with Gasteiger partial charge in [-0.15, -0.1) is 11.8 Å². The van der Waals surface area contributed by atoms with Gasteiger partial charge >= 0.3 is 0 Å². The van der Waals surface area contributed by atoms with Crippen molar-refractivity contribution in [3.05, 3.63) is 74.6 Å². The molecule has 0 aliphatic carbocycles. The smallest absolute Gasteiger partial charge is 0.266 e. The lowest BCUT2D eigenvalue weighted by Gasteiger charge is -2.16. The molecule has 1 aliphatic rings. The van der Waals surface area contributed by atoms with E-state index in [1.807, 2.05) is 12.1 Å². The van der Waals surface area contributed by atoms with Crippen molar-refractivity contribution in [1.29, 1.82) is 0 Å². The minimum Gasteiger partial charge on any atom is -0.303 e. The van der Waals surface area contributed by atoms with Crippen molar-refractivity contribution in [2.24, 2.45) is 0 Å². The summed E-state index contributed by atoms with van der Waals surface area (Å²) in [6.45, 7) is 2.47. The SMILES string of the molecule is Cc1ccc(CSC2=C(Cl)CN(c3ccc(Cl)cc3)C2=O)cc1. The summed E-state index contributed by atoms with van der Waals surface area (Å²) >= 11 is 13.7. The van der Waals surface area contributed by atoms with Crippen LogP contribution in [0.25, 0.3) is 0 Å². The van der Waals surface area contributed by atoms with Gasteiger partial charge in [0.1, 0.15) is 0 Å². The fourth-order valence-electron chi connectivity index (χ4n) is 2.33. The summed E-state index contributed by atoms with van der Waals surface area (Å²) in [7, 11) is 0. The average Bonchev–Trinajstić information content (AvgIpc) is 2.82. The predicted octanol–water partition coefficient (Wildman–Crippen LogP) is 5.38. The summed E-state index contributed by atoms with van der Waals surface area (Å²) in [5.74, 6) is 0.681. The molecule has 0 saturated heterocycles. The van der Waals surface area contributed by atoms with Crippen LogP contribution in [0.4, 0.5) is 5.69 Å². The number of amides is 1. The highest BCUT2D eigenvalue weighted by Gasteiger charge is 2.30. The van der Waals surface area contributed by atoms with Gasteiger partial charge in [-0.2, -0.15) is 0 Å². The van der Waals surface area contributed by atoms with Crippen molar-refractivity contribution < 1.29 is 4.79 Å². The molecule has 23 heavy (non-hydrogen) atoms. The van der Waals surface area contributed by atoms with Crippen molar-refractivity contribution >= 4 is 46.6 Å². The zero-order valence-corrected chi connectivity index (χ0v) is 14.9. The van der Waals surface area contributed by atoms with Gasteiger partial charge in [0.25, 0.3) is 5.91 Å². The number of hydrogen-bond donors (Lipinski definition) is 0. The van der Waals surface area contributed by atoms with Crippen molar-refractivity contribution in [2.75, 3.05) is 11.4 Å². The molecule has 2 aromatic rings. The van der Waals surface area contributed by atoms with Gasteiger partial charge in [0.05, 0.1) is 16.5 Å². The third kappa shape index (κ3) is 3.74. The Morgan fingerprint density at radius 2 is 1.70 bits per heavy atom. The standard InChI is InChI=1S/C18H15Cl2NOS/c1-12-2-4-13(5-3-12)11-23-17-16(20)10-21(18(17)22)15-8-6-14(19)7-9-15/h2-9H,10-11H2,1H3. The van der Waals surface area contributed by atoms with Crippen LogP contribution in [0.1, 0.15) is 11.1 Å². The molecule has 0 unspecified atom stereocenters. The van der Waals surface area contributed by atoms with Crippen LogP contribution in [0.15, 0.2) is 58.5 Å². The molecule has 0 N–H and O–H groups in total. The van der Waals surface area contributed by atoms with Crippen molar-refractivity contribution in [1.82, 2.24) is 0 Å². The number of rotatable bonds is 4. The molecule has 1 amide bonds. The van der Waals surface area contributed by atoms with Gasteiger partial charge in [0, 0.05) is 16.5 Å². The summed E-state index contributed by atoms with van der Waals surface area (Å²) in [4.78, 5) is 14.9. The molecule has 3 rings (SSSR count). The highest BCUT2D eigenvalue weighted by Crippen LogP contribution is 2.35. The van der Waals surface area contributed by atoms with Crippen LogP contribution < -0.4 is 4.90 Å². The molecule has 118 valence electrons. The van der Waals surface area contributed by atoms with Crippen molar-refractivity contribution in [3.8, 4) is 0 Å². The number of carbonyl (C=O) groups excluding carboxylic acids is 1. The van der Waals surface area contributed by atoms with Gasteiger partial charge in [0.15, 0.2) is 0 Å². The lowest BCUT2D eigenvalue weighted by Crippen LogP contribution is -2.26. The Balaban J connectivity index is 1.70. The largest absolute Gasteiger partial charge is 0.303 e. The van der Waals surface area contributed by atoms with Crippen LogP contribution in [0.5, 0.6) is 0 Å². The Hall–Kier alpha value is -1.42. The fourth-order valence-corrected chi connectivity index (χ4v) is 3.78. The van der Waals surface area contributed by atoms with Crippen molar-refractivity contribution in [3.63, 3.8) is 0 Å².